The van der Waals surface area contributed by atoms with Crippen molar-refractivity contribution in [2.75, 3.05) is 16.8 Å². The number of amides is 2. The van der Waals surface area contributed by atoms with Gasteiger partial charge in [-0.1, -0.05) is 17.7 Å². The molecule has 0 aliphatic carbocycles. The number of halogens is 2. The number of nitrogens with zero attached hydrogens (tertiary/aromatic N) is 5. The second-order valence-corrected chi connectivity index (χ2v) is 7.11. The topological polar surface area (TPSA) is 93.0 Å². The van der Waals surface area contributed by atoms with Crippen LogP contribution in [0, 0.1) is 18.7 Å². The molecule has 1 unspecified atom stereocenters. The molecule has 0 spiro atoms. The molecule has 1 saturated heterocycles. The van der Waals surface area contributed by atoms with Crippen molar-refractivity contribution in [1.29, 1.82) is 0 Å². The molecule has 2 amide bonds. The molecular formula is C19H16ClFN6O2. The van der Waals surface area contributed by atoms with Gasteiger partial charge in [-0.3, -0.25) is 9.59 Å². The van der Waals surface area contributed by atoms with E-state index >= 15 is 0 Å². The van der Waals surface area contributed by atoms with Gasteiger partial charge >= 0.3 is 0 Å². The summed E-state index contributed by atoms with van der Waals surface area (Å²) in [6.45, 7) is 1.90. The van der Waals surface area contributed by atoms with Gasteiger partial charge in [-0.2, -0.15) is 4.68 Å². The lowest BCUT2D eigenvalue weighted by molar-refractivity contribution is -0.122. The number of aryl methyl sites for hydroxylation is 1. The molecule has 0 bridgehead atoms. The van der Waals surface area contributed by atoms with Crippen molar-refractivity contribution in [3.05, 3.63) is 59.1 Å². The standard InChI is InChI=1S/C19H16ClFN6O2/c1-11-23-24-25-27(11)15-5-6-16(21)17(9-15)22-19(29)12-7-18(28)26(10-12)14-4-2-3-13(20)8-14/h2-6,8-9,12H,7,10H2,1H3,(H,22,29). The smallest absolute Gasteiger partial charge is 0.229 e. The highest BCUT2D eigenvalue weighted by molar-refractivity contribution is 6.31. The van der Waals surface area contributed by atoms with Crippen molar-refractivity contribution < 1.29 is 14.0 Å². The van der Waals surface area contributed by atoms with Crippen molar-refractivity contribution in [2.45, 2.75) is 13.3 Å². The molecule has 29 heavy (non-hydrogen) atoms. The maximum atomic E-state index is 14.3. The van der Waals surface area contributed by atoms with Gasteiger partial charge in [0.2, 0.25) is 11.8 Å². The van der Waals surface area contributed by atoms with Crippen LogP contribution in [-0.2, 0) is 9.59 Å². The Labute approximate surface area is 170 Å². The van der Waals surface area contributed by atoms with E-state index in [0.29, 0.717) is 22.2 Å². The third kappa shape index (κ3) is 3.81. The van der Waals surface area contributed by atoms with Crippen LogP contribution in [0.4, 0.5) is 15.8 Å². The summed E-state index contributed by atoms with van der Waals surface area (Å²) in [6, 6.07) is 11.0. The summed E-state index contributed by atoms with van der Waals surface area (Å²) in [7, 11) is 0. The first-order valence-corrected chi connectivity index (χ1v) is 9.22. The Morgan fingerprint density at radius 1 is 1.24 bits per heavy atom. The van der Waals surface area contributed by atoms with Gasteiger partial charge in [0.1, 0.15) is 5.82 Å². The number of hydrogen-bond acceptors (Lipinski definition) is 5. The summed E-state index contributed by atoms with van der Waals surface area (Å²) >= 11 is 5.99. The maximum Gasteiger partial charge on any atom is 0.229 e. The van der Waals surface area contributed by atoms with Crippen molar-refractivity contribution in [3.8, 4) is 5.69 Å². The average molecular weight is 415 g/mol. The zero-order valence-corrected chi connectivity index (χ0v) is 16.1. The van der Waals surface area contributed by atoms with Crippen molar-refractivity contribution >= 4 is 34.8 Å². The summed E-state index contributed by atoms with van der Waals surface area (Å²) in [5.41, 5.74) is 1.13. The fourth-order valence-electron chi connectivity index (χ4n) is 3.22. The molecular weight excluding hydrogens is 399 g/mol. The third-order valence-corrected chi connectivity index (χ3v) is 4.93. The van der Waals surface area contributed by atoms with Gasteiger partial charge in [0.05, 0.1) is 17.3 Å². The Kier molecular flexibility index (Phi) is 4.98. The molecule has 2 aromatic carbocycles. The van der Waals surface area contributed by atoms with E-state index in [2.05, 4.69) is 20.8 Å². The van der Waals surface area contributed by atoms with Crippen LogP contribution in [0.3, 0.4) is 0 Å². The Morgan fingerprint density at radius 3 is 2.79 bits per heavy atom. The third-order valence-electron chi connectivity index (χ3n) is 4.69. The fourth-order valence-corrected chi connectivity index (χ4v) is 3.41. The van der Waals surface area contributed by atoms with Crippen LogP contribution in [0.2, 0.25) is 5.02 Å². The molecule has 2 heterocycles. The first kappa shape index (κ1) is 19.0. The lowest BCUT2D eigenvalue weighted by atomic mass is 10.1. The maximum absolute atomic E-state index is 14.3. The molecule has 4 rings (SSSR count). The molecule has 1 fully saturated rings. The van der Waals surface area contributed by atoms with E-state index in [-0.39, 0.29) is 24.6 Å². The zero-order chi connectivity index (χ0) is 20.5. The Morgan fingerprint density at radius 2 is 2.07 bits per heavy atom. The summed E-state index contributed by atoms with van der Waals surface area (Å²) in [5.74, 6) is -1.31. The van der Waals surface area contributed by atoms with Crippen LogP contribution in [0.5, 0.6) is 0 Å². The van der Waals surface area contributed by atoms with E-state index in [0.717, 1.165) is 0 Å². The van der Waals surface area contributed by atoms with Gasteiger partial charge in [-0.25, -0.2) is 4.39 Å². The second kappa shape index (κ2) is 7.59. The van der Waals surface area contributed by atoms with Gasteiger partial charge in [0.15, 0.2) is 5.82 Å². The minimum absolute atomic E-state index is 0.00365. The van der Waals surface area contributed by atoms with Crippen LogP contribution < -0.4 is 10.2 Å². The molecule has 1 atom stereocenters. The zero-order valence-electron chi connectivity index (χ0n) is 15.3. The van der Waals surface area contributed by atoms with E-state index in [1.165, 1.54) is 27.8 Å². The number of tetrazole rings is 1. The van der Waals surface area contributed by atoms with E-state index in [9.17, 15) is 14.0 Å². The summed E-state index contributed by atoms with van der Waals surface area (Å²) in [6.07, 6.45) is 0.0335. The predicted molar refractivity (Wildman–Crippen MR) is 104 cm³/mol. The highest BCUT2D eigenvalue weighted by Gasteiger charge is 2.35. The van der Waals surface area contributed by atoms with Gasteiger partial charge in [0, 0.05) is 23.7 Å². The minimum atomic E-state index is -0.612. The number of rotatable bonds is 4. The number of carbonyl (C=O) groups is 2. The number of hydrogen-bond donors (Lipinski definition) is 1. The molecule has 148 valence electrons. The summed E-state index contributed by atoms with van der Waals surface area (Å²) in [5, 5.41) is 14.3. The van der Waals surface area contributed by atoms with Crippen LogP contribution in [0.1, 0.15) is 12.2 Å². The van der Waals surface area contributed by atoms with Crippen LogP contribution in [0.25, 0.3) is 5.69 Å². The van der Waals surface area contributed by atoms with Crippen LogP contribution in [0.15, 0.2) is 42.5 Å². The van der Waals surface area contributed by atoms with Crippen molar-refractivity contribution in [3.63, 3.8) is 0 Å². The molecule has 0 radical (unpaired) electrons. The predicted octanol–water partition coefficient (Wildman–Crippen LogP) is 2.75. The Hall–Kier alpha value is -3.33. The molecule has 1 aromatic heterocycles. The van der Waals surface area contributed by atoms with E-state index in [1.807, 2.05) is 0 Å². The molecule has 1 aliphatic rings. The highest BCUT2D eigenvalue weighted by atomic mass is 35.5. The SMILES string of the molecule is Cc1nnnn1-c1ccc(F)c(NC(=O)C2CC(=O)N(c3cccc(Cl)c3)C2)c1. The average Bonchev–Trinajstić information content (AvgIpc) is 3.29. The van der Waals surface area contributed by atoms with Crippen molar-refractivity contribution in [1.82, 2.24) is 20.2 Å². The number of aromatic nitrogens is 4. The second-order valence-electron chi connectivity index (χ2n) is 6.68. The van der Waals surface area contributed by atoms with Crippen LogP contribution >= 0.6 is 11.6 Å². The summed E-state index contributed by atoms with van der Waals surface area (Å²) in [4.78, 5) is 26.6. The van der Waals surface area contributed by atoms with E-state index in [4.69, 9.17) is 11.6 Å². The van der Waals surface area contributed by atoms with Gasteiger partial charge in [0.25, 0.3) is 0 Å². The quantitative estimate of drug-likeness (QED) is 0.708. The highest BCUT2D eigenvalue weighted by Crippen LogP contribution is 2.28. The molecule has 10 heteroatoms. The Balaban J connectivity index is 1.51. The first-order valence-electron chi connectivity index (χ1n) is 8.84. The molecule has 1 N–H and O–H groups in total. The number of carbonyl (C=O) groups excluding carboxylic acids is 2. The first-order chi connectivity index (χ1) is 13.9. The molecule has 8 nitrogen and oxygen atoms in total. The molecule has 3 aromatic rings. The van der Waals surface area contributed by atoms with Gasteiger partial charge in [-0.15, -0.1) is 5.10 Å². The molecule has 1 aliphatic heterocycles. The van der Waals surface area contributed by atoms with E-state index in [1.54, 1.807) is 31.2 Å². The normalized spacial score (nSPS) is 16.3. The molecule has 0 saturated carbocycles. The number of nitrogens with one attached hydrogen (secondary N) is 1. The van der Waals surface area contributed by atoms with Crippen LogP contribution in [-0.4, -0.2) is 38.6 Å². The number of benzene rings is 2. The largest absolute Gasteiger partial charge is 0.323 e. The lowest BCUT2D eigenvalue weighted by Gasteiger charge is -2.17. The van der Waals surface area contributed by atoms with E-state index < -0.39 is 17.6 Å². The number of anilines is 2. The van der Waals surface area contributed by atoms with Gasteiger partial charge in [-0.05, 0) is 53.7 Å². The fraction of sp³-hybridized carbons (Fsp3) is 0.211. The Bertz CT molecular complexity index is 1100. The van der Waals surface area contributed by atoms with Crippen molar-refractivity contribution in [2.24, 2.45) is 5.92 Å². The van der Waals surface area contributed by atoms with Gasteiger partial charge < -0.3 is 10.2 Å². The minimum Gasteiger partial charge on any atom is -0.323 e. The lowest BCUT2D eigenvalue weighted by Crippen LogP contribution is -2.28. The monoisotopic (exact) mass is 414 g/mol. The summed E-state index contributed by atoms with van der Waals surface area (Å²) < 4.78 is 15.7.